The molecule has 0 bridgehead atoms. The molecule has 0 fully saturated rings. The number of nitrogens with one attached hydrogen (secondary N) is 1. The SMILES string of the molecule is CCOCCCNc1nc(C)cn1-c1cccc(OC)c1. The molecule has 2 rings (SSSR count). The van der Waals surface area contributed by atoms with E-state index in [1.165, 1.54) is 0 Å². The molecule has 1 aromatic carbocycles. The first-order valence-corrected chi connectivity index (χ1v) is 7.26. The van der Waals surface area contributed by atoms with E-state index in [-0.39, 0.29) is 0 Å². The van der Waals surface area contributed by atoms with Gasteiger partial charge in [0.1, 0.15) is 5.75 Å². The molecule has 1 heterocycles. The largest absolute Gasteiger partial charge is 0.497 e. The fraction of sp³-hybridized carbons (Fsp3) is 0.438. The fourth-order valence-electron chi connectivity index (χ4n) is 2.10. The molecule has 0 amide bonds. The van der Waals surface area contributed by atoms with Gasteiger partial charge in [0.2, 0.25) is 5.95 Å². The summed E-state index contributed by atoms with van der Waals surface area (Å²) in [6, 6.07) is 7.94. The lowest BCUT2D eigenvalue weighted by molar-refractivity contribution is 0.147. The minimum absolute atomic E-state index is 0.761. The Kier molecular flexibility index (Phi) is 5.63. The van der Waals surface area contributed by atoms with Crippen LogP contribution in [0.15, 0.2) is 30.5 Å². The normalized spacial score (nSPS) is 10.6. The molecule has 0 radical (unpaired) electrons. The zero-order valence-electron chi connectivity index (χ0n) is 12.9. The van der Waals surface area contributed by atoms with E-state index in [0.29, 0.717) is 0 Å². The molecule has 5 heteroatoms. The first-order valence-electron chi connectivity index (χ1n) is 7.26. The van der Waals surface area contributed by atoms with Gasteiger partial charge in [0.05, 0.1) is 18.5 Å². The molecule has 0 aliphatic heterocycles. The van der Waals surface area contributed by atoms with Crippen LogP contribution in [0.2, 0.25) is 0 Å². The van der Waals surface area contributed by atoms with Crippen LogP contribution in [0.5, 0.6) is 5.75 Å². The summed E-state index contributed by atoms with van der Waals surface area (Å²) in [4.78, 5) is 4.53. The Morgan fingerprint density at radius 2 is 2.19 bits per heavy atom. The molecule has 0 saturated carbocycles. The third-order valence-corrected chi connectivity index (χ3v) is 3.11. The van der Waals surface area contributed by atoms with Crippen molar-refractivity contribution in [2.45, 2.75) is 20.3 Å². The summed E-state index contributed by atoms with van der Waals surface area (Å²) < 4.78 is 12.7. The minimum atomic E-state index is 0.761. The smallest absolute Gasteiger partial charge is 0.207 e. The number of aromatic nitrogens is 2. The Morgan fingerprint density at radius 1 is 1.33 bits per heavy atom. The van der Waals surface area contributed by atoms with E-state index in [0.717, 1.165) is 49.3 Å². The quantitative estimate of drug-likeness (QED) is 0.759. The number of anilines is 1. The van der Waals surface area contributed by atoms with Crippen LogP contribution in [0.25, 0.3) is 5.69 Å². The molecule has 114 valence electrons. The maximum atomic E-state index is 5.34. The topological polar surface area (TPSA) is 48.3 Å². The molecule has 0 spiro atoms. The van der Waals surface area contributed by atoms with Crippen LogP contribution in [0.3, 0.4) is 0 Å². The number of rotatable bonds is 8. The maximum absolute atomic E-state index is 5.34. The number of nitrogens with zero attached hydrogens (tertiary/aromatic N) is 2. The van der Waals surface area contributed by atoms with E-state index in [9.17, 15) is 0 Å². The molecule has 1 N–H and O–H groups in total. The van der Waals surface area contributed by atoms with Gasteiger partial charge in [-0.05, 0) is 32.4 Å². The number of hydrogen-bond acceptors (Lipinski definition) is 4. The highest BCUT2D eigenvalue weighted by molar-refractivity contribution is 5.46. The fourth-order valence-corrected chi connectivity index (χ4v) is 2.10. The summed E-state index contributed by atoms with van der Waals surface area (Å²) in [5.41, 5.74) is 2.01. The van der Waals surface area contributed by atoms with Crippen molar-refractivity contribution in [2.75, 3.05) is 32.2 Å². The Morgan fingerprint density at radius 3 is 2.95 bits per heavy atom. The molecule has 2 aromatic rings. The molecule has 0 saturated heterocycles. The molecule has 1 aromatic heterocycles. The first-order chi connectivity index (χ1) is 10.2. The van der Waals surface area contributed by atoms with Crippen molar-refractivity contribution in [1.29, 1.82) is 0 Å². The van der Waals surface area contributed by atoms with Crippen molar-refractivity contribution < 1.29 is 9.47 Å². The Hall–Kier alpha value is -2.01. The van der Waals surface area contributed by atoms with Gasteiger partial charge in [0.25, 0.3) is 0 Å². The lowest BCUT2D eigenvalue weighted by atomic mass is 10.3. The van der Waals surface area contributed by atoms with Crippen LogP contribution in [0.1, 0.15) is 19.0 Å². The van der Waals surface area contributed by atoms with Crippen molar-refractivity contribution in [2.24, 2.45) is 0 Å². The molecule has 0 aliphatic rings. The summed E-state index contributed by atoms with van der Waals surface area (Å²) in [7, 11) is 1.67. The van der Waals surface area contributed by atoms with E-state index >= 15 is 0 Å². The molecular formula is C16H23N3O2. The van der Waals surface area contributed by atoms with Gasteiger partial charge in [-0.1, -0.05) is 6.07 Å². The highest BCUT2D eigenvalue weighted by Gasteiger charge is 2.07. The highest BCUT2D eigenvalue weighted by Crippen LogP contribution is 2.20. The second-order valence-electron chi connectivity index (χ2n) is 4.75. The van der Waals surface area contributed by atoms with Crippen molar-refractivity contribution >= 4 is 5.95 Å². The van der Waals surface area contributed by atoms with Gasteiger partial charge in [-0.2, -0.15) is 0 Å². The summed E-state index contributed by atoms with van der Waals surface area (Å²) in [6.07, 6.45) is 2.97. The number of imidazole rings is 1. The zero-order chi connectivity index (χ0) is 15.1. The average Bonchev–Trinajstić information content (AvgIpc) is 2.88. The van der Waals surface area contributed by atoms with E-state index in [2.05, 4.69) is 10.3 Å². The highest BCUT2D eigenvalue weighted by atomic mass is 16.5. The van der Waals surface area contributed by atoms with Crippen LogP contribution in [0, 0.1) is 6.92 Å². The number of hydrogen-bond donors (Lipinski definition) is 1. The number of aryl methyl sites for hydroxylation is 1. The standard InChI is InChI=1S/C16H23N3O2/c1-4-21-10-6-9-17-16-18-13(2)12-19(16)14-7-5-8-15(11-14)20-3/h5,7-8,11-12H,4,6,9-10H2,1-3H3,(H,17,18). The van der Waals surface area contributed by atoms with E-state index in [1.807, 2.05) is 48.9 Å². The van der Waals surface area contributed by atoms with Gasteiger partial charge < -0.3 is 14.8 Å². The van der Waals surface area contributed by atoms with Gasteiger partial charge in [-0.25, -0.2) is 4.98 Å². The summed E-state index contributed by atoms with van der Waals surface area (Å²) in [5, 5.41) is 3.36. The van der Waals surface area contributed by atoms with Crippen LogP contribution >= 0.6 is 0 Å². The van der Waals surface area contributed by atoms with Crippen molar-refractivity contribution in [3.63, 3.8) is 0 Å². The first kappa shape index (κ1) is 15.4. The average molecular weight is 289 g/mol. The summed E-state index contributed by atoms with van der Waals surface area (Å²) >= 11 is 0. The van der Waals surface area contributed by atoms with Gasteiger partial charge in [-0.3, -0.25) is 4.57 Å². The van der Waals surface area contributed by atoms with Crippen molar-refractivity contribution in [3.05, 3.63) is 36.2 Å². The van der Waals surface area contributed by atoms with Gasteiger partial charge in [-0.15, -0.1) is 0 Å². The Balaban J connectivity index is 2.08. The predicted octanol–water partition coefficient (Wildman–Crippen LogP) is 3.03. The van der Waals surface area contributed by atoms with Crippen molar-refractivity contribution in [1.82, 2.24) is 9.55 Å². The van der Waals surface area contributed by atoms with Crippen LogP contribution < -0.4 is 10.1 Å². The molecule has 0 aliphatic carbocycles. The third-order valence-electron chi connectivity index (χ3n) is 3.11. The van der Waals surface area contributed by atoms with Crippen molar-refractivity contribution in [3.8, 4) is 11.4 Å². The monoisotopic (exact) mass is 289 g/mol. The number of ether oxygens (including phenoxy) is 2. The van der Waals surface area contributed by atoms with Gasteiger partial charge in [0, 0.05) is 32.0 Å². The lowest BCUT2D eigenvalue weighted by Crippen LogP contribution is -2.10. The van der Waals surface area contributed by atoms with E-state index in [1.54, 1.807) is 7.11 Å². The number of methoxy groups -OCH3 is 1. The van der Waals surface area contributed by atoms with Gasteiger partial charge in [0.15, 0.2) is 0 Å². The van der Waals surface area contributed by atoms with Crippen LogP contribution in [-0.4, -0.2) is 36.4 Å². The molecule has 5 nitrogen and oxygen atoms in total. The second-order valence-corrected chi connectivity index (χ2v) is 4.75. The van der Waals surface area contributed by atoms with E-state index < -0.39 is 0 Å². The van der Waals surface area contributed by atoms with Crippen LogP contribution in [-0.2, 0) is 4.74 Å². The Labute approximate surface area is 125 Å². The van der Waals surface area contributed by atoms with Crippen LogP contribution in [0.4, 0.5) is 5.95 Å². The zero-order valence-corrected chi connectivity index (χ0v) is 12.9. The Bertz CT molecular complexity index is 566. The number of benzene rings is 1. The predicted molar refractivity (Wildman–Crippen MR) is 84.5 cm³/mol. The minimum Gasteiger partial charge on any atom is -0.497 e. The lowest BCUT2D eigenvalue weighted by Gasteiger charge is -2.10. The molecule has 0 unspecified atom stereocenters. The summed E-state index contributed by atoms with van der Waals surface area (Å²) in [5.74, 6) is 1.68. The third kappa shape index (κ3) is 4.23. The molecular weight excluding hydrogens is 266 g/mol. The van der Waals surface area contributed by atoms with Gasteiger partial charge >= 0.3 is 0 Å². The molecule has 0 atom stereocenters. The molecule has 21 heavy (non-hydrogen) atoms. The second kappa shape index (κ2) is 7.69. The van der Waals surface area contributed by atoms with E-state index in [4.69, 9.17) is 9.47 Å². The maximum Gasteiger partial charge on any atom is 0.207 e. The summed E-state index contributed by atoms with van der Waals surface area (Å²) in [6.45, 7) is 6.36.